The number of aliphatic carboxylic acids is 1. The van der Waals surface area contributed by atoms with Crippen molar-refractivity contribution in [3.63, 3.8) is 0 Å². The molecule has 4 aliphatic heterocycles. The molecule has 0 aromatic heterocycles. The number of carbonyl (C=O) groups is 4. The van der Waals surface area contributed by atoms with Gasteiger partial charge in [0, 0.05) is 31.1 Å². The normalized spacial score (nSPS) is 34.5. The molecule has 1 aliphatic carbocycles. The fraction of sp³-hybridized carbons (Fsp3) is 0.706. The van der Waals surface area contributed by atoms with Crippen LogP contribution in [-0.2, 0) is 49.6 Å². The fourth-order valence-electron chi connectivity index (χ4n) is 7.70. The molecule has 254 valence electrons. The van der Waals surface area contributed by atoms with Gasteiger partial charge in [0.1, 0.15) is 12.1 Å². The topological polar surface area (TPSA) is 159 Å². The van der Waals surface area contributed by atoms with E-state index in [1.165, 1.54) is 0 Å². The molecule has 4 saturated heterocycles. The quantitative estimate of drug-likeness (QED) is 0.225. The van der Waals surface area contributed by atoms with E-state index in [4.69, 9.17) is 24.0 Å². The number of carboxylic acids is 1. The van der Waals surface area contributed by atoms with Crippen molar-refractivity contribution in [3.8, 4) is 0 Å². The lowest BCUT2D eigenvalue weighted by molar-refractivity contribution is -0.576. The van der Waals surface area contributed by atoms with Gasteiger partial charge >= 0.3 is 11.9 Å². The summed E-state index contributed by atoms with van der Waals surface area (Å²) in [7, 11) is 0. The second kappa shape index (κ2) is 14.0. The Hall–Kier alpha value is -3.06. The van der Waals surface area contributed by atoms with E-state index in [2.05, 4.69) is 17.6 Å². The van der Waals surface area contributed by atoms with Gasteiger partial charge in [0.25, 0.3) is 0 Å². The molecule has 0 radical (unpaired) electrons. The third-order valence-corrected chi connectivity index (χ3v) is 10.2. The molecule has 4 heterocycles. The van der Waals surface area contributed by atoms with Gasteiger partial charge in [0.2, 0.25) is 23.9 Å². The van der Waals surface area contributed by atoms with Crippen LogP contribution < -0.4 is 10.6 Å². The number of hydrogen-bond acceptors (Lipinski definition) is 9. The Morgan fingerprint density at radius 2 is 1.72 bits per heavy atom. The predicted molar refractivity (Wildman–Crippen MR) is 163 cm³/mol. The molecule has 10 atom stereocenters. The molecule has 1 aromatic rings. The van der Waals surface area contributed by atoms with Crippen LogP contribution in [0.5, 0.6) is 0 Å². The third kappa shape index (κ3) is 7.25. The molecule has 46 heavy (non-hydrogen) atoms. The van der Waals surface area contributed by atoms with Gasteiger partial charge in [-0.3, -0.25) is 14.4 Å². The van der Waals surface area contributed by atoms with Crippen molar-refractivity contribution in [2.45, 2.75) is 122 Å². The van der Waals surface area contributed by atoms with E-state index >= 15 is 0 Å². The second-order valence-corrected chi connectivity index (χ2v) is 14.1. The summed E-state index contributed by atoms with van der Waals surface area (Å²) in [4.78, 5) is 63.0. The number of rotatable bonds is 12. The lowest BCUT2D eigenvalue weighted by Crippen LogP contribution is -2.70. The van der Waals surface area contributed by atoms with E-state index in [0.29, 0.717) is 18.8 Å². The highest BCUT2D eigenvalue weighted by atomic mass is 17.3. The maximum absolute atomic E-state index is 13.2. The summed E-state index contributed by atoms with van der Waals surface area (Å²) < 4.78 is 18.4. The molecule has 1 aromatic carbocycles. The van der Waals surface area contributed by atoms with Crippen molar-refractivity contribution in [3.05, 3.63) is 35.9 Å². The largest absolute Gasteiger partial charge is 0.480 e. The maximum Gasteiger partial charge on any atom is 0.326 e. The molecule has 1 spiro atoms. The first kappa shape index (κ1) is 34.3. The SMILES string of the molecule is CC(C)C[C@H](NC(=O)CCC(=O)O[C@@H]1O[C@H]2O[C@]3(C)CC[C@H]4[C@H](C)CC[C@@H]([C@@H]1C)[C@@]24OO3)C(=O)N[C@@H](Cc1ccccc1)C(=O)O. The maximum atomic E-state index is 13.2. The van der Waals surface area contributed by atoms with Gasteiger partial charge in [0.15, 0.2) is 11.9 Å². The summed E-state index contributed by atoms with van der Waals surface area (Å²) in [6.07, 6.45) is 1.75. The minimum atomic E-state index is -1.17. The number of carboxylic acid groups (broad SMARTS) is 1. The Bertz CT molecular complexity index is 1280. The van der Waals surface area contributed by atoms with E-state index in [1.54, 1.807) is 24.3 Å². The highest BCUT2D eigenvalue weighted by Crippen LogP contribution is 2.60. The van der Waals surface area contributed by atoms with Crippen molar-refractivity contribution < 1.29 is 48.3 Å². The first-order valence-electron chi connectivity index (χ1n) is 16.6. The number of fused-ring (bicyclic) bond motifs is 2. The molecular weight excluding hydrogens is 596 g/mol. The van der Waals surface area contributed by atoms with Crippen LogP contribution in [0, 0.1) is 29.6 Å². The molecule has 2 amide bonds. The van der Waals surface area contributed by atoms with E-state index in [1.807, 2.05) is 33.8 Å². The number of benzene rings is 1. The highest BCUT2D eigenvalue weighted by molar-refractivity contribution is 5.91. The van der Waals surface area contributed by atoms with Crippen LogP contribution in [0.1, 0.15) is 85.1 Å². The first-order valence-corrected chi connectivity index (χ1v) is 16.6. The summed E-state index contributed by atoms with van der Waals surface area (Å²) in [5.74, 6) is -3.43. The van der Waals surface area contributed by atoms with Crippen LogP contribution in [0.3, 0.4) is 0 Å². The number of ether oxygens (including phenoxy) is 3. The van der Waals surface area contributed by atoms with Crippen LogP contribution in [0.15, 0.2) is 30.3 Å². The Morgan fingerprint density at radius 1 is 0.978 bits per heavy atom. The van der Waals surface area contributed by atoms with E-state index < -0.39 is 59.8 Å². The van der Waals surface area contributed by atoms with Crippen LogP contribution in [0.2, 0.25) is 0 Å². The lowest BCUT2D eigenvalue weighted by Gasteiger charge is -2.59. The van der Waals surface area contributed by atoms with Gasteiger partial charge in [-0.2, -0.15) is 0 Å². The standard InChI is InChI=1S/C34H48N2O10/c1-19(2)17-25(29(39)36-26(30(40)41)18-22-9-7-6-8-10-22)35-27(37)13-14-28(38)42-31-21(4)24-12-11-20(3)23-15-16-33(5)44-32(43-31)34(23,24)46-45-33/h6-10,19-21,23-26,31-32H,11-18H2,1-5H3,(H,35,37)(H,36,39)(H,40,41)/t20-,21+,23+,24+,25+,26+,31-,32+,33+,34-/m1/s1. The lowest BCUT2D eigenvalue weighted by atomic mass is 9.58. The molecule has 0 unspecified atom stereocenters. The number of carbonyl (C=O) groups excluding carboxylic acids is 3. The summed E-state index contributed by atoms with van der Waals surface area (Å²) >= 11 is 0. The van der Waals surface area contributed by atoms with Crippen molar-refractivity contribution in [2.24, 2.45) is 29.6 Å². The Morgan fingerprint density at radius 3 is 2.41 bits per heavy atom. The van der Waals surface area contributed by atoms with Gasteiger partial charge < -0.3 is 30.0 Å². The average molecular weight is 645 g/mol. The summed E-state index contributed by atoms with van der Waals surface area (Å²) in [5.41, 5.74) is -0.0153. The Labute approximate surface area is 270 Å². The summed E-state index contributed by atoms with van der Waals surface area (Å²) in [6, 6.07) is 6.86. The zero-order chi connectivity index (χ0) is 33.2. The zero-order valence-corrected chi connectivity index (χ0v) is 27.4. The average Bonchev–Trinajstić information content (AvgIpc) is 3.24. The number of amides is 2. The van der Waals surface area contributed by atoms with Crippen molar-refractivity contribution in [1.29, 1.82) is 0 Å². The zero-order valence-electron chi connectivity index (χ0n) is 27.4. The van der Waals surface area contributed by atoms with Crippen molar-refractivity contribution in [2.75, 3.05) is 0 Å². The minimum absolute atomic E-state index is 0.0111. The van der Waals surface area contributed by atoms with Gasteiger partial charge in [0.05, 0.1) is 6.42 Å². The van der Waals surface area contributed by atoms with E-state index in [0.717, 1.165) is 24.8 Å². The number of nitrogens with one attached hydrogen (secondary N) is 2. The van der Waals surface area contributed by atoms with Crippen molar-refractivity contribution >= 4 is 23.8 Å². The van der Waals surface area contributed by atoms with Crippen molar-refractivity contribution in [1.82, 2.24) is 10.6 Å². The third-order valence-electron chi connectivity index (χ3n) is 10.2. The molecule has 1 saturated carbocycles. The van der Waals surface area contributed by atoms with E-state index in [9.17, 15) is 24.3 Å². The molecule has 12 nitrogen and oxygen atoms in total. The van der Waals surface area contributed by atoms with E-state index in [-0.39, 0.29) is 42.9 Å². The molecule has 5 aliphatic rings. The van der Waals surface area contributed by atoms with Gasteiger partial charge in [-0.15, -0.1) is 0 Å². The van der Waals surface area contributed by atoms with Crippen LogP contribution in [0.25, 0.3) is 0 Å². The van der Waals surface area contributed by atoms with Crippen LogP contribution >= 0.6 is 0 Å². The second-order valence-electron chi connectivity index (χ2n) is 14.1. The molecule has 12 heteroatoms. The number of esters is 1. The molecule has 5 fully saturated rings. The monoisotopic (exact) mass is 644 g/mol. The van der Waals surface area contributed by atoms with Crippen LogP contribution in [0.4, 0.5) is 0 Å². The summed E-state index contributed by atoms with van der Waals surface area (Å²) in [5, 5.41) is 15.0. The molecule has 2 bridgehead atoms. The number of hydrogen-bond donors (Lipinski definition) is 3. The highest BCUT2D eigenvalue weighted by Gasteiger charge is 2.69. The first-order chi connectivity index (χ1) is 21.8. The predicted octanol–water partition coefficient (Wildman–Crippen LogP) is 3.86. The molecular formula is C34H48N2O10. The van der Waals surface area contributed by atoms with Crippen LogP contribution in [-0.4, -0.2) is 64.9 Å². The summed E-state index contributed by atoms with van der Waals surface area (Å²) in [6.45, 7) is 9.83. The minimum Gasteiger partial charge on any atom is -0.480 e. The van der Waals surface area contributed by atoms with Gasteiger partial charge in [-0.1, -0.05) is 58.0 Å². The molecule has 3 N–H and O–H groups in total. The Balaban J connectivity index is 1.16. The van der Waals surface area contributed by atoms with Gasteiger partial charge in [-0.05, 0) is 55.9 Å². The fourth-order valence-corrected chi connectivity index (χ4v) is 7.70. The smallest absolute Gasteiger partial charge is 0.326 e. The van der Waals surface area contributed by atoms with Gasteiger partial charge in [-0.25, -0.2) is 14.6 Å². The Kier molecular flexibility index (Phi) is 10.4. The molecule has 6 rings (SSSR count).